The van der Waals surface area contributed by atoms with E-state index in [1.54, 1.807) is 27.7 Å². The zero-order chi connectivity index (χ0) is 13.4. The highest BCUT2D eigenvalue weighted by Crippen LogP contribution is 2.41. The molecular weight excluding hydrogens is 232 g/mol. The first-order valence-electron chi connectivity index (χ1n) is 5.55. The smallest absolute Gasteiger partial charge is 0.207 e. The molecule has 0 spiro atoms. The van der Waals surface area contributed by atoms with Crippen LogP contribution in [0.4, 0.5) is 17.6 Å². The zero-order valence-electron chi connectivity index (χ0n) is 10.3. The summed E-state index contributed by atoms with van der Waals surface area (Å²) in [6.07, 6.45) is -4.51. The predicted molar refractivity (Wildman–Crippen MR) is 59.6 cm³/mol. The summed E-state index contributed by atoms with van der Waals surface area (Å²) in [6, 6.07) is 2.36. The van der Waals surface area contributed by atoms with Gasteiger partial charge in [-0.05, 0) is 23.5 Å². The molecule has 17 heavy (non-hydrogen) atoms. The van der Waals surface area contributed by atoms with Crippen LogP contribution >= 0.6 is 0 Å². The van der Waals surface area contributed by atoms with Crippen LogP contribution in [0.25, 0.3) is 0 Å². The molecule has 0 aromatic heterocycles. The van der Waals surface area contributed by atoms with Gasteiger partial charge >= 0.3 is 6.18 Å². The molecule has 0 heterocycles. The lowest BCUT2D eigenvalue weighted by Crippen LogP contribution is -2.16. The van der Waals surface area contributed by atoms with E-state index >= 15 is 0 Å². The van der Waals surface area contributed by atoms with Crippen LogP contribution < -0.4 is 0 Å². The second-order valence-corrected chi connectivity index (χ2v) is 4.73. The van der Waals surface area contributed by atoms with E-state index in [-0.39, 0.29) is 17.0 Å². The number of benzene rings is 1. The number of rotatable bonds is 2. The fourth-order valence-electron chi connectivity index (χ4n) is 1.97. The van der Waals surface area contributed by atoms with E-state index in [9.17, 15) is 17.6 Å². The minimum absolute atomic E-state index is 0.155. The Labute approximate surface area is 98.6 Å². The first-order valence-corrected chi connectivity index (χ1v) is 5.55. The van der Waals surface area contributed by atoms with Gasteiger partial charge in [-0.15, -0.1) is 0 Å². The van der Waals surface area contributed by atoms with Crippen molar-refractivity contribution in [3.05, 3.63) is 34.6 Å². The van der Waals surface area contributed by atoms with Crippen LogP contribution in [0.5, 0.6) is 0 Å². The molecule has 0 aliphatic heterocycles. The van der Waals surface area contributed by atoms with Crippen LogP contribution in [-0.4, -0.2) is 0 Å². The Morgan fingerprint density at radius 2 is 1.47 bits per heavy atom. The van der Waals surface area contributed by atoms with Crippen molar-refractivity contribution in [1.29, 1.82) is 0 Å². The molecule has 0 amide bonds. The topological polar surface area (TPSA) is 0 Å². The molecule has 1 aromatic carbocycles. The largest absolute Gasteiger partial charge is 0.417 e. The van der Waals surface area contributed by atoms with Gasteiger partial charge in [-0.1, -0.05) is 33.8 Å². The first kappa shape index (κ1) is 14.0. The molecule has 96 valence electrons. The Morgan fingerprint density at radius 1 is 0.941 bits per heavy atom. The molecular formula is C13H16F4. The van der Waals surface area contributed by atoms with Crippen LogP contribution in [-0.2, 0) is 6.18 Å². The van der Waals surface area contributed by atoms with Gasteiger partial charge in [0.05, 0.1) is 5.56 Å². The minimum atomic E-state index is -4.51. The second kappa shape index (κ2) is 4.67. The summed E-state index contributed by atoms with van der Waals surface area (Å²) >= 11 is 0. The van der Waals surface area contributed by atoms with E-state index in [1.807, 2.05) is 0 Å². The van der Waals surface area contributed by atoms with E-state index in [4.69, 9.17) is 0 Å². The third-order valence-corrected chi connectivity index (χ3v) is 2.71. The van der Waals surface area contributed by atoms with E-state index < -0.39 is 23.5 Å². The second-order valence-electron chi connectivity index (χ2n) is 4.73. The lowest BCUT2D eigenvalue weighted by molar-refractivity contribution is -0.139. The monoisotopic (exact) mass is 248 g/mol. The third kappa shape index (κ3) is 2.79. The predicted octanol–water partition coefficient (Wildman–Crippen LogP) is 5.09. The van der Waals surface area contributed by atoms with Crippen LogP contribution in [0, 0.1) is 5.82 Å². The standard InChI is InChI=1S/C13H16F4/c1-7(2)9-5-6-10(14)11(8(3)4)12(9)13(15,16)17/h5-8H,1-4H3. The maximum Gasteiger partial charge on any atom is 0.417 e. The highest BCUT2D eigenvalue weighted by molar-refractivity contribution is 5.42. The van der Waals surface area contributed by atoms with Crippen molar-refractivity contribution >= 4 is 0 Å². The van der Waals surface area contributed by atoms with Gasteiger partial charge in [0.15, 0.2) is 0 Å². The zero-order valence-corrected chi connectivity index (χ0v) is 10.3. The summed E-state index contributed by atoms with van der Waals surface area (Å²) in [5.41, 5.74) is -0.881. The molecule has 0 radical (unpaired) electrons. The van der Waals surface area contributed by atoms with Crippen molar-refractivity contribution in [3.63, 3.8) is 0 Å². The Bertz CT molecular complexity index is 403. The van der Waals surface area contributed by atoms with E-state index in [0.29, 0.717) is 0 Å². The summed E-state index contributed by atoms with van der Waals surface area (Å²) in [4.78, 5) is 0. The molecule has 0 nitrogen and oxygen atoms in total. The van der Waals surface area contributed by atoms with Crippen LogP contribution in [0.3, 0.4) is 0 Å². The number of alkyl halides is 3. The molecule has 0 aliphatic rings. The molecule has 0 unspecified atom stereocenters. The third-order valence-electron chi connectivity index (χ3n) is 2.71. The summed E-state index contributed by atoms with van der Waals surface area (Å²) in [7, 11) is 0. The van der Waals surface area contributed by atoms with E-state index in [2.05, 4.69) is 0 Å². The molecule has 0 bridgehead atoms. The van der Waals surface area contributed by atoms with Crippen LogP contribution in [0.15, 0.2) is 12.1 Å². The molecule has 0 saturated heterocycles. The van der Waals surface area contributed by atoms with Crippen molar-refractivity contribution < 1.29 is 17.6 Å². The van der Waals surface area contributed by atoms with Crippen molar-refractivity contribution in [1.82, 2.24) is 0 Å². The Hall–Kier alpha value is -1.06. The average Bonchev–Trinajstić information content (AvgIpc) is 2.14. The summed E-state index contributed by atoms with van der Waals surface area (Å²) < 4.78 is 52.7. The van der Waals surface area contributed by atoms with Gasteiger partial charge in [-0.25, -0.2) is 4.39 Å². The average molecular weight is 248 g/mol. The Balaban J connectivity index is 3.62. The van der Waals surface area contributed by atoms with Gasteiger partial charge in [0.1, 0.15) is 5.82 Å². The Kier molecular flexibility index (Phi) is 3.84. The van der Waals surface area contributed by atoms with Gasteiger partial charge in [0.2, 0.25) is 0 Å². The highest BCUT2D eigenvalue weighted by atomic mass is 19.4. The molecule has 0 saturated carbocycles. The molecule has 0 N–H and O–H groups in total. The van der Waals surface area contributed by atoms with Crippen molar-refractivity contribution in [2.24, 2.45) is 0 Å². The quantitative estimate of drug-likeness (QED) is 0.639. The number of hydrogen-bond donors (Lipinski definition) is 0. The van der Waals surface area contributed by atoms with Crippen molar-refractivity contribution in [3.8, 4) is 0 Å². The summed E-state index contributed by atoms with van der Waals surface area (Å²) in [5.74, 6) is -1.56. The highest BCUT2D eigenvalue weighted by Gasteiger charge is 2.38. The first-order chi connectivity index (χ1) is 7.66. The summed E-state index contributed by atoms with van der Waals surface area (Å²) in [6.45, 7) is 6.48. The molecule has 0 aliphatic carbocycles. The molecule has 1 aromatic rings. The molecule has 1 rings (SSSR count). The van der Waals surface area contributed by atoms with Crippen molar-refractivity contribution in [2.75, 3.05) is 0 Å². The molecule has 0 fully saturated rings. The maximum absolute atomic E-state index is 13.6. The van der Waals surface area contributed by atoms with Crippen LogP contribution in [0.1, 0.15) is 56.2 Å². The summed E-state index contributed by atoms with van der Waals surface area (Å²) in [5, 5.41) is 0. The lowest BCUT2D eigenvalue weighted by atomic mass is 9.88. The van der Waals surface area contributed by atoms with Crippen molar-refractivity contribution in [2.45, 2.75) is 45.7 Å². The van der Waals surface area contributed by atoms with Crippen LogP contribution in [0.2, 0.25) is 0 Å². The lowest BCUT2D eigenvalue weighted by Gasteiger charge is -2.22. The normalized spacial score (nSPS) is 12.6. The number of hydrogen-bond acceptors (Lipinski definition) is 0. The minimum Gasteiger partial charge on any atom is -0.207 e. The fourth-order valence-corrected chi connectivity index (χ4v) is 1.97. The van der Waals surface area contributed by atoms with Gasteiger partial charge < -0.3 is 0 Å². The molecule has 4 heteroatoms. The fraction of sp³-hybridized carbons (Fsp3) is 0.538. The van der Waals surface area contributed by atoms with Gasteiger partial charge in [-0.2, -0.15) is 13.2 Å². The van der Waals surface area contributed by atoms with Gasteiger partial charge in [0.25, 0.3) is 0 Å². The van der Waals surface area contributed by atoms with E-state index in [1.165, 1.54) is 6.07 Å². The Morgan fingerprint density at radius 3 is 1.82 bits per heavy atom. The van der Waals surface area contributed by atoms with E-state index in [0.717, 1.165) is 6.07 Å². The molecule has 0 atom stereocenters. The van der Waals surface area contributed by atoms with Gasteiger partial charge in [-0.3, -0.25) is 0 Å². The van der Waals surface area contributed by atoms with Gasteiger partial charge in [0, 0.05) is 5.56 Å². The number of halogens is 4. The maximum atomic E-state index is 13.6. The SMILES string of the molecule is CC(C)c1ccc(F)c(C(C)C)c1C(F)(F)F.